The Bertz CT molecular complexity index is 871. The van der Waals surface area contributed by atoms with E-state index in [1.165, 1.54) is 5.56 Å². The molecule has 0 saturated heterocycles. The standard InChI is InChI=1S/C19H22N4O2/c1-13-3-8-18-22-17(11-23(18)10-13)9-20-16-6-4-15(5-7-16)19(25)21-14(2)12-24/h3-8,10-11,14,20,24H,9,12H2,1-2H3,(H,21,25). The molecule has 2 heterocycles. The highest BCUT2D eigenvalue weighted by Gasteiger charge is 2.09. The van der Waals surface area contributed by atoms with E-state index in [0.717, 1.165) is 17.0 Å². The average molecular weight is 338 g/mol. The molecule has 0 fully saturated rings. The lowest BCUT2D eigenvalue weighted by atomic mass is 10.2. The third-order valence-corrected chi connectivity index (χ3v) is 3.92. The first kappa shape index (κ1) is 17.0. The smallest absolute Gasteiger partial charge is 0.251 e. The Labute approximate surface area is 146 Å². The highest BCUT2D eigenvalue weighted by molar-refractivity contribution is 5.94. The molecule has 0 aliphatic heterocycles. The first-order valence-corrected chi connectivity index (χ1v) is 8.25. The Morgan fingerprint density at radius 3 is 2.68 bits per heavy atom. The van der Waals surface area contributed by atoms with E-state index in [4.69, 9.17) is 5.11 Å². The van der Waals surface area contributed by atoms with Crippen LogP contribution >= 0.6 is 0 Å². The second kappa shape index (κ2) is 7.36. The monoisotopic (exact) mass is 338 g/mol. The summed E-state index contributed by atoms with van der Waals surface area (Å²) in [5.41, 5.74) is 4.54. The molecule has 1 unspecified atom stereocenters. The van der Waals surface area contributed by atoms with Gasteiger partial charge in [0.05, 0.1) is 18.8 Å². The molecular weight excluding hydrogens is 316 g/mol. The summed E-state index contributed by atoms with van der Waals surface area (Å²) in [6.07, 6.45) is 4.06. The fourth-order valence-electron chi connectivity index (χ4n) is 2.53. The molecule has 0 aliphatic rings. The predicted octanol–water partition coefficient (Wildman–Crippen LogP) is 2.37. The molecule has 0 spiro atoms. The van der Waals surface area contributed by atoms with Crippen LogP contribution in [0.1, 0.15) is 28.5 Å². The molecule has 1 amide bonds. The molecule has 0 saturated carbocycles. The van der Waals surface area contributed by atoms with E-state index in [-0.39, 0.29) is 18.6 Å². The average Bonchev–Trinajstić information content (AvgIpc) is 3.02. The van der Waals surface area contributed by atoms with Crippen LogP contribution in [0.5, 0.6) is 0 Å². The highest BCUT2D eigenvalue weighted by Crippen LogP contribution is 2.12. The Morgan fingerprint density at radius 1 is 1.20 bits per heavy atom. The summed E-state index contributed by atoms with van der Waals surface area (Å²) in [4.78, 5) is 16.5. The number of carbonyl (C=O) groups excluding carboxylic acids is 1. The molecule has 3 N–H and O–H groups in total. The van der Waals surface area contributed by atoms with Crippen LogP contribution in [0.2, 0.25) is 0 Å². The lowest BCUT2D eigenvalue weighted by Crippen LogP contribution is -2.34. The summed E-state index contributed by atoms with van der Waals surface area (Å²) in [5.74, 6) is -0.191. The van der Waals surface area contributed by atoms with Gasteiger partial charge in [-0.1, -0.05) is 6.07 Å². The van der Waals surface area contributed by atoms with Crippen molar-refractivity contribution in [3.8, 4) is 0 Å². The Kier molecular flexibility index (Phi) is 5.00. The summed E-state index contributed by atoms with van der Waals surface area (Å²) >= 11 is 0. The van der Waals surface area contributed by atoms with Crippen LogP contribution in [0.15, 0.2) is 48.8 Å². The van der Waals surface area contributed by atoms with Crippen molar-refractivity contribution in [2.45, 2.75) is 26.4 Å². The minimum Gasteiger partial charge on any atom is -0.394 e. The quantitative estimate of drug-likeness (QED) is 0.645. The molecule has 130 valence electrons. The second-order valence-corrected chi connectivity index (χ2v) is 6.19. The van der Waals surface area contributed by atoms with Crippen LogP contribution in [-0.2, 0) is 6.54 Å². The van der Waals surface area contributed by atoms with Gasteiger partial charge in [0, 0.05) is 29.7 Å². The predicted molar refractivity (Wildman–Crippen MR) is 97.7 cm³/mol. The third-order valence-electron chi connectivity index (χ3n) is 3.92. The van der Waals surface area contributed by atoms with Gasteiger partial charge in [-0.05, 0) is 49.7 Å². The summed E-state index contributed by atoms with van der Waals surface area (Å²) < 4.78 is 2.02. The number of carbonyl (C=O) groups is 1. The number of amides is 1. The van der Waals surface area contributed by atoms with Gasteiger partial charge in [0.15, 0.2) is 0 Å². The lowest BCUT2D eigenvalue weighted by molar-refractivity contribution is 0.0922. The molecule has 2 aromatic heterocycles. The molecule has 0 bridgehead atoms. The number of aromatic nitrogens is 2. The molecular formula is C19H22N4O2. The summed E-state index contributed by atoms with van der Waals surface area (Å²) in [7, 11) is 0. The molecule has 1 atom stereocenters. The fraction of sp³-hybridized carbons (Fsp3) is 0.263. The number of anilines is 1. The molecule has 3 rings (SSSR count). The molecule has 1 aromatic carbocycles. The van der Waals surface area contributed by atoms with Crippen LogP contribution in [0.4, 0.5) is 5.69 Å². The van der Waals surface area contributed by atoms with Crippen molar-refractivity contribution in [3.05, 3.63) is 65.6 Å². The topological polar surface area (TPSA) is 78.7 Å². The maximum atomic E-state index is 12.0. The van der Waals surface area contributed by atoms with E-state index in [1.54, 1.807) is 19.1 Å². The van der Waals surface area contributed by atoms with Gasteiger partial charge in [-0.15, -0.1) is 0 Å². The number of fused-ring (bicyclic) bond motifs is 1. The van der Waals surface area contributed by atoms with Crippen LogP contribution in [0.25, 0.3) is 5.65 Å². The van der Waals surface area contributed by atoms with Gasteiger partial charge in [-0.3, -0.25) is 4.79 Å². The fourth-order valence-corrected chi connectivity index (χ4v) is 2.53. The molecule has 25 heavy (non-hydrogen) atoms. The molecule has 6 heteroatoms. The second-order valence-electron chi connectivity index (χ2n) is 6.19. The number of rotatable bonds is 6. The maximum absolute atomic E-state index is 12.0. The highest BCUT2D eigenvalue weighted by atomic mass is 16.3. The van der Waals surface area contributed by atoms with Gasteiger partial charge in [0.25, 0.3) is 5.91 Å². The van der Waals surface area contributed by atoms with Gasteiger partial charge in [-0.25, -0.2) is 4.98 Å². The number of benzene rings is 1. The SMILES string of the molecule is Cc1ccc2nc(CNc3ccc(C(=O)NC(C)CO)cc3)cn2c1. The van der Waals surface area contributed by atoms with Crippen molar-refractivity contribution in [2.75, 3.05) is 11.9 Å². The largest absolute Gasteiger partial charge is 0.394 e. The molecule has 3 aromatic rings. The number of imidazole rings is 1. The normalized spacial score (nSPS) is 12.1. The van der Waals surface area contributed by atoms with Crippen molar-refractivity contribution < 1.29 is 9.90 Å². The van der Waals surface area contributed by atoms with Crippen LogP contribution in [0.3, 0.4) is 0 Å². The number of hydrogen-bond donors (Lipinski definition) is 3. The third kappa shape index (κ3) is 4.16. The lowest BCUT2D eigenvalue weighted by Gasteiger charge is -2.11. The minimum atomic E-state index is -0.260. The number of hydrogen-bond acceptors (Lipinski definition) is 4. The van der Waals surface area contributed by atoms with Crippen LogP contribution in [-0.4, -0.2) is 33.0 Å². The zero-order chi connectivity index (χ0) is 17.8. The van der Waals surface area contributed by atoms with E-state index < -0.39 is 0 Å². The number of aliphatic hydroxyl groups is 1. The van der Waals surface area contributed by atoms with Crippen LogP contribution < -0.4 is 10.6 Å². The maximum Gasteiger partial charge on any atom is 0.251 e. The molecule has 0 radical (unpaired) electrons. The zero-order valence-corrected chi connectivity index (χ0v) is 14.4. The molecule has 0 aliphatic carbocycles. The van der Waals surface area contributed by atoms with E-state index in [2.05, 4.69) is 22.5 Å². The zero-order valence-electron chi connectivity index (χ0n) is 14.4. The number of pyridine rings is 1. The van der Waals surface area contributed by atoms with Crippen LogP contribution in [0, 0.1) is 6.92 Å². The van der Waals surface area contributed by atoms with Gasteiger partial charge >= 0.3 is 0 Å². The number of nitrogens with zero attached hydrogens (tertiary/aromatic N) is 2. The Morgan fingerprint density at radius 2 is 1.96 bits per heavy atom. The van der Waals surface area contributed by atoms with Crippen molar-refractivity contribution in [1.82, 2.24) is 14.7 Å². The van der Waals surface area contributed by atoms with E-state index >= 15 is 0 Å². The first-order chi connectivity index (χ1) is 12.0. The van der Waals surface area contributed by atoms with E-state index in [1.807, 2.05) is 41.1 Å². The summed E-state index contributed by atoms with van der Waals surface area (Å²) in [5, 5.41) is 15.0. The van der Waals surface area contributed by atoms with Crippen molar-refractivity contribution in [1.29, 1.82) is 0 Å². The Hall–Kier alpha value is -2.86. The Balaban J connectivity index is 1.62. The van der Waals surface area contributed by atoms with Gasteiger partial charge < -0.3 is 20.1 Å². The number of aryl methyl sites for hydroxylation is 1. The van der Waals surface area contributed by atoms with Crippen molar-refractivity contribution in [2.24, 2.45) is 0 Å². The number of nitrogens with one attached hydrogen (secondary N) is 2. The van der Waals surface area contributed by atoms with E-state index in [0.29, 0.717) is 12.1 Å². The van der Waals surface area contributed by atoms with Crippen molar-refractivity contribution >= 4 is 17.2 Å². The van der Waals surface area contributed by atoms with Gasteiger partial charge in [-0.2, -0.15) is 0 Å². The van der Waals surface area contributed by atoms with Crippen molar-refractivity contribution in [3.63, 3.8) is 0 Å². The number of aliphatic hydroxyl groups excluding tert-OH is 1. The first-order valence-electron chi connectivity index (χ1n) is 8.25. The summed E-state index contributed by atoms with van der Waals surface area (Å²) in [6, 6.07) is 11.0. The summed E-state index contributed by atoms with van der Waals surface area (Å²) in [6.45, 7) is 4.33. The van der Waals surface area contributed by atoms with Gasteiger partial charge in [0.1, 0.15) is 5.65 Å². The van der Waals surface area contributed by atoms with Gasteiger partial charge in [0.2, 0.25) is 0 Å². The minimum absolute atomic E-state index is 0.0794. The van der Waals surface area contributed by atoms with E-state index in [9.17, 15) is 4.79 Å². The molecule has 6 nitrogen and oxygen atoms in total.